The Morgan fingerprint density at radius 2 is 1.77 bits per heavy atom. The van der Waals surface area contributed by atoms with Crippen molar-refractivity contribution >= 4 is 27.6 Å². The lowest BCUT2D eigenvalue weighted by Crippen LogP contribution is -2.26. The van der Waals surface area contributed by atoms with Crippen molar-refractivity contribution in [1.82, 2.24) is 4.72 Å². The second-order valence-corrected chi connectivity index (χ2v) is 8.31. The van der Waals surface area contributed by atoms with E-state index >= 15 is 0 Å². The van der Waals surface area contributed by atoms with Crippen LogP contribution in [0.5, 0.6) is 0 Å². The second-order valence-electron chi connectivity index (χ2n) is 6.59. The van der Waals surface area contributed by atoms with Crippen LogP contribution in [0.4, 0.5) is 18.9 Å². The van der Waals surface area contributed by atoms with Crippen LogP contribution < -0.4 is 10.0 Å². The topological polar surface area (TPSA) is 102 Å². The first-order valence-corrected chi connectivity index (χ1v) is 10.3. The van der Waals surface area contributed by atoms with Crippen LogP contribution in [-0.4, -0.2) is 32.9 Å². The van der Waals surface area contributed by atoms with Gasteiger partial charge in [-0.1, -0.05) is 18.2 Å². The molecule has 0 unspecified atom stereocenters. The summed E-state index contributed by atoms with van der Waals surface area (Å²) in [7, 11) is -3.79. The monoisotopic (exact) mass is 442 g/mol. The fourth-order valence-electron chi connectivity index (χ4n) is 2.52. The van der Waals surface area contributed by atoms with Crippen LogP contribution in [0.3, 0.4) is 0 Å². The minimum absolute atomic E-state index is 0.114. The maximum atomic E-state index is 13.0. The molecule has 0 bridgehead atoms. The summed E-state index contributed by atoms with van der Waals surface area (Å²) in [6, 6.07) is 9.32. The molecule has 160 valence electrons. The van der Waals surface area contributed by atoms with Gasteiger partial charge in [-0.15, -0.1) is 0 Å². The summed E-state index contributed by atoms with van der Waals surface area (Å²) < 4.78 is 70.6. The number of esters is 1. The first-order valence-electron chi connectivity index (χ1n) is 8.82. The quantitative estimate of drug-likeness (QED) is 0.642. The lowest BCUT2D eigenvalue weighted by atomic mass is 10.1. The van der Waals surface area contributed by atoms with Gasteiger partial charge < -0.3 is 10.1 Å². The number of carbonyl (C=O) groups is 2. The Balaban J connectivity index is 1.62. The Morgan fingerprint density at radius 1 is 1.07 bits per heavy atom. The number of ether oxygens (including phenoxy) is 1. The van der Waals surface area contributed by atoms with Gasteiger partial charge >= 0.3 is 12.1 Å². The molecule has 11 heteroatoms. The highest BCUT2D eigenvalue weighted by Gasteiger charge is 2.33. The highest BCUT2D eigenvalue weighted by Crippen LogP contribution is 2.34. The smallest absolute Gasteiger partial charge is 0.418 e. The zero-order valence-electron chi connectivity index (χ0n) is 15.4. The van der Waals surface area contributed by atoms with E-state index in [4.69, 9.17) is 4.74 Å². The number of amides is 1. The maximum Gasteiger partial charge on any atom is 0.418 e. The number of sulfonamides is 1. The standard InChI is InChI=1S/C19H17F3N2O5S/c20-19(21,22)15-6-1-2-7-16(15)23-17(25)11-29-18(26)12-4-3-5-14(10-12)30(27,28)24-13-8-9-13/h1-7,10,13,24H,8-9,11H2,(H,23,25). The summed E-state index contributed by atoms with van der Waals surface area (Å²) in [6.45, 7) is -0.845. The number of para-hydroxylation sites is 1. The predicted molar refractivity (Wildman–Crippen MR) is 100 cm³/mol. The molecule has 0 aromatic heterocycles. The van der Waals surface area contributed by atoms with Crippen LogP contribution >= 0.6 is 0 Å². The van der Waals surface area contributed by atoms with Crippen LogP contribution in [0, 0.1) is 0 Å². The summed E-state index contributed by atoms with van der Waals surface area (Å²) in [5, 5.41) is 2.05. The normalized spacial score (nSPS) is 14.2. The van der Waals surface area contributed by atoms with E-state index in [1.165, 1.54) is 30.3 Å². The molecule has 0 radical (unpaired) electrons. The number of nitrogens with one attached hydrogen (secondary N) is 2. The van der Waals surface area contributed by atoms with Gasteiger partial charge in [0.25, 0.3) is 5.91 Å². The fourth-order valence-corrected chi connectivity index (χ4v) is 3.87. The third-order valence-electron chi connectivity index (χ3n) is 4.12. The van der Waals surface area contributed by atoms with Crippen molar-refractivity contribution in [2.45, 2.75) is 30.0 Å². The molecule has 30 heavy (non-hydrogen) atoms. The second kappa shape index (κ2) is 8.44. The average molecular weight is 442 g/mol. The maximum absolute atomic E-state index is 13.0. The lowest BCUT2D eigenvalue weighted by molar-refractivity contribution is -0.137. The Labute approximate surface area is 170 Å². The third kappa shape index (κ3) is 5.57. The predicted octanol–water partition coefficient (Wildman–Crippen LogP) is 2.94. The van der Waals surface area contributed by atoms with E-state index in [2.05, 4.69) is 4.72 Å². The minimum atomic E-state index is -4.67. The Bertz CT molecular complexity index is 1070. The van der Waals surface area contributed by atoms with Crippen LogP contribution in [0.15, 0.2) is 53.4 Å². The molecule has 2 N–H and O–H groups in total. The van der Waals surface area contributed by atoms with Gasteiger partial charge in [-0.3, -0.25) is 4.79 Å². The highest BCUT2D eigenvalue weighted by molar-refractivity contribution is 7.89. The number of hydrogen-bond donors (Lipinski definition) is 2. The molecule has 0 saturated heterocycles. The molecule has 1 aliphatic carbocycles. The van der Waals surface area contributed by atoms with E-state index in [0.717, 1.165) is 31.0 Å². The minimum Gasteiger partial charge on any atom is -0.452 e. The Kier molecular flexibility index (Phi) is 6.13. The summed E-state index contributed by atoms with van der Waals surface area (Å²) in [6.07, 6.45) is -3.18. The third-order valence-corrected chi connectivity index (χ3v) is 5.64. The number of halogens is 3. The lowest BCUT2D eigenvalue weighted by Gasteiger charge is -2.13. The number of alkyl halides is 3. The zero-order chi connectivity index (χ0) is 21.9. The molecule has 0 spiro atoms. The first kappa shape index (κ1) is 21.8. The Hall–Kier alpha value is -2.92. The highest BCUT2D eigenvalue weighted by atomic mass is 32.2. The van der Waals surface area contributed by atoms with Crippen molar-refractivity contribution in [3.05, 3.63) is 59.7 Å². The number of anilines is 1. The van der Waals surface area contributed by atoms with Gasteiger partial charge in [-0.2, -0.15) is 13.2 Å². The van der Waals surface area contributed by atoms with Gasteiger partial charge in [0.2, 0.25) is 10.0 Å². The number of hydrogen-bond acceptors (Lipinski definition) is 5. The molecule has 0 heterocycles. The SMILES string of the molecule is O=C(COC(=O)c1cccc(S(=O)(=O)NC2CC2)c1)Nc1ccccc1C(F)(F)F. The van der Waals surface area contributed by atoms with Crippen LogP contribution in [0.2, 0.25) is 0 Å². The molecule has 1 saturated carbocycles. The molecule has 0 aliphatic heterocycles. The van der Waals surface area contributed by atoms with E-state index in [1.54, 1.807) is 0 Å². The molecule has 1 amide bonds. The van der Waals surface area contributed by atoms with Crippen LogP contribution in [-0.2, 0) is 25.7 Å². The van der Waals surface area contributed by atoms with E-state index < -0.39 is 45.9 Å². The van der Waals surface area contributed by atoms with E-state index in [-0.39, 0.29) is 16.5 Å². The van der Waals surface area contributed by atoms with Gasteiger partial charge in [0.15, 0.2) is 6.61 Å². The Morgan fingerprint density at radius 3 is 2.43 bits per heavy atom. The van der Waals surface area contributed by atoms with Gasteiger partial charge in [-0.05, 0) is 43.2 Å². The van der Waals surface area contributed by atoms with Crippen molar-refractivity contribution in [2.75, 3.05) is 11.9 Å². The van der Waals surface area contributed by atoms with Crippen molar-refractivity contribution in [3.63, 3.8) is 0 Å². The fraction of sp³-hybridized carbons (Fsp3) is 0.263. The van der Waals surface area contributed by atoms with E-state index in [0.29, 0.717) is 0 Å². The van der Waals surface area contributed by atoms with E-state index in [1.807, 2.05) is 5.32 Å². The zero-order valence-corrected chi connectivity index (χ0v) is 16.2. The molecular weight excluding hydrogens is 425 g/mol. The molecule has 7 nitrogen and oxygen atoms in total. The van der Waals surface area contributed by atoms with Crippen molar-refractivity contribution in [2.24, 2.45) is 0 Å². The number of rotatable bonds is 7. The van der Waals surface area contributed by atoms with Crippen LogP contribution in [0.1, 0.15) is 28.8 Å². The number of carbonyl (C=O) groups excluding carboxylic acids is 2. The molecule has 1 aliphatic rings. The van der Waals surface area contributed by atoms with E-state index in [9.17, 15) is 31.2 Å². The van der Waals surface area contributed by atoms with Gasteiger partial charge in [0.05, 0.1) is 21.7 Å². The molecule has 0 atom stereocenters. The summed E-state index contributed by atoms with van der Waals surface area (Å²) >= 11 is 0. The molecular formula is C19H17F3N2O5S. The van der Waals surface area contributed by atoms with Crippen molar-refractivity contribution < 1.29 is 35.9 Å². The molecule has 2 aromatic rings. The largest absolute Gasteiger partial charge is 0.452 e. The first-order chi connectivity index (χ1) is 14.1. The van der Waals surface area contributed by atoms with Crippen molar-refractivity contribution in [3.8, 4) is 0 Å². The van der Waals surface area contributed by atoms with Gasteiger partial charge in [-0.25, -0.2) is 17.9 Å². The van der Waals surface area contributed by atoms with Gasteiger partial charge in [0, 0.05) is 6.04 Å². The van der Waals surface area contributed by atoms with Crippen LogP contribution in [0.25, 0.3) is 0 Å². The number of benzene rings is 2. The molecule has 3 rings (SSSR count). The molecule has 2 aromatic carbocycles. The van der Waals surface area contributed by atoms with Gasteiger partial charge in [0.1, 0.15) is 0 Å². The summed E-state index contributed by atoms with van der Waals surface area (Å²) in [4.78, 5) is 23.9. The van der Waals surface area contributed by atoms with Crippen molar-refractivity contribution in [1.29, 1.82) is 0 Å². The summed E-state index contributed by atoms with van der Waals surface area (Å²) in [5.74, 6) is -1.96. The molecule has 1 fully saturated rings. The average Bonchev–Trinajstić information content (AvgIpc) is 3.49. The summed E-state index contributed by atoms with van der Waals surface area (Å²) in [5.41, 5.74) is -1.62.